The molecule has 3 rings (SSSR count). The average Bonchev–Trinajstić information content (AvgIpc) is 2.95. The molecule has 0 fully saturated rings. The lowest BCUT2D eigenvalue weighted by molar-refractivity contribution is 0.102. The van der Waals surface area contributed by atoms with E-state index in [9.17, 15) is 4.79 Å². The van der Waals surface area contributed by atoms with Gasteiger partial charge in [0.25, 0.3) is 5.91 Å². The van der Waals surface area contributed by atoms with Crippen LogP contribution in [0, 0.1) is 3.77 Å². The van der Waals surface area contributed by atoms with Gasteiger partial charge in [-0.05, 0) is 29.8 Å². The van der Waals surface area contributed by atoms with Gasteiger partial charge in [0.15, 0.2) is 3.77 Å². The summed E-state index contributed by atoms with van der Waals surface area (Å²) in [4.78, 5) is 12.4. The molecule has 22 heavy (non-hydrogen) atoms. The SMILES string of the molecule is O=C(Nc1ccccc1-c1ccc(Br)cc1)c1ccoc1I. The molecule has 2 aromatic carbocycles. The summed E-state index contributed by atoms with van der Waals surface area (Å²) in [5.74, 6) is -0.178. The van der Waals surface area contributed by atoms with E-state index in [1.54, 1.807) is 6.07 Å². The second kappa shape index (κ2) is 6.66. The maximum Gasteiger partial charge on any atom is 0.260 e. The van der Waals surface area contributed by atoms with Gasteiger partial charge in [-0.2, -0.15) is 0 Å². The van der Waals surface area contributed by atoms with E-state index in [-0.39, 0.29) is 5.91 Å². The molecule has 0 aliphatic carbocycles. The van der Waals surface area contributed by atoms with Gasteiger partial charge in [-0.25, -0.2) is 0 Å². The van der Waals surface area contributed by atoms with Crippen molar-refractivity contribution in [3.8, 4) is 11.1 Å². The second-order valence-electron chi connectivity index (χ2n) is 4.61. The average molecular weight is 468 g/mol. The van der Waals surface area contributed by atoms with E-state index in [0.29, 0.717) is 9.33 Å². The number of carbonyl (C=O) groups excluding carboxylic acids is 1. The first-order chi connectivity index (χ1) is 10.6. The third-order valence-corrected chi connectivity index (χ3v) is 4.56. The molecule has 5 heteroatoms. The Bertz CT molecular complexity index is 812. The zero-order chi connectivity index (χ0) is 15.5. The molecule has 0 radical (unpaired) electrons. The number of rotatable bonds is 3. The Morgan fingerprint density at radius 1 is 1.05 bits per heavy atom. The van der Waals surface area contributed by atoms with Crippen LogP contribution < -0.4 is 5.32 Å². The van der Waals surface area contributed by atoms with Crippen molar-refractivity contribution in [2.75, 3.05) is 5.32 Å². The highest BCUT2D eigenvalue weighted by atomic mass is 127. The summed E-state index contributed by atoms with van der Waals surface area (Å²) in [6, 6.07) is 17.4. The van der Waals surface area contributed by atoms with Gasteiger partial charge in [-0.3, -0.25) is 4.79 Å². The van der Waals surface area contributed by atoms with Crippen LogP contribution in [-0.2, 0) is 0 Å². The fourth-order valence-electron chi connectivity index (χ4n) is 2.12. The van der Waals surface area contributed by atoms with Gasteiger partial charge in [0.2, 0.25) is 0 Å². The minimum Gasteiger partial charge on any atom is -0.458 e. The summed E-state index contributed by atoms with van der Waals surface area (Å²) in [6.45, 7) is 0. The number of para-hydroxylation sites is 1. The maximum atomic E-state index is 12.4. The third-order valence-electron chi connectivity index (χ3n) is 3.19. The number of hydrogen-bond acceptors (Lipinski definition) is 2. The summed E-state index contributed by atoms with van der Waals surface area (Å²) >= 11 is 5.43. The Morgan fingerprint density at radius 2 is 1.77 bits per heavy atom. The Labute approximate surface area is 150 Å². The minimum absolute atomic E-state index is 0.178. The van der Waals surface area contributed by atoms with Gasteiger partial charge in [-0.1, -0.05) is 46.3 Å². The molecule has 0 aliphatic heterocycles. The predicted molar refractivity (Wildman–Crippen MR) is 99.0 cm³/mol. The normalized spacial score (nSPS) is 10.5. The summed E-state index contributed by atoms with van der Waals surface area (Å²) in [6.07, 6.45) is 1.51. The molecule has 1 N–H and O–H groups in total. The number of furan rings is 1. The lowest BCUT2D eigenvalue weighted by Crippen LogP contribution is -2.12. The fourth-order valence-corrected chi connectivity index (χ4v) is 2.95. The highest BCUT2D eigenvalue weighted by Gasteiger charge is 2.14. The first kappa shape index (κ1) is 15.3. The number of benzene rings is 2. The van der Waals surface area contributed by atoms with E-state index >= 15 is 0 Å². The fraction of sp³-hybridized carbons (Fsp3) is 0. The van der Waals surface area contributed by atoms with Crippen LogP contribution in [0.15, 0.2) is 69.8 Å². The van der Waals surface area contributed by atoms with Crippen molar-refractivity contribution in [2.24, 2.45) is 0 Å². The molecule has 0 saturated heterocycles. The molecule has 3 nitrogen and oxygen atoms in total. The van der Waals surface area contributed by atoms with Gasteiger partial charge in [0.1, 0.15) is 0 Å². The van der Waals surface area contributed by atoms with Crippen molar-refractivity contribution in [1.82, 2.24) is 0 Å². The topological polar surface area (TPSA) is 42.2 Å². The molecular formula is C17H11BrINO2. The Morgan fingerprint density at radius 3 is 2.45 bits per heavy atom. The van der Waals surface area contributed by atoms with Crippen LogP contribution in [-0.4, -0.2) is 5.91 Å². The molecule has 0 unspecified atom stereocenters. The van der Waals surface area contributed by atoms with E-state index in [1.165, 1.54) is 6.26 Å². The van der Waals surface area contributed by atoms with E-state index in [2.05, 4.69) is 21.2 Å². The molecule has 1 aromatic heterocycles. The van der Waals surface area contributed by atoms with Crippen LogP contribution in [0.2, 0.25) is 0 Å². The van der Waals surface area contributed by atoms with Crippen LogP contribution in [0.3, 0.4) is 0 Å². The summed E-state index contributed by atoms with van der Waals surface area (Å²) in [5, 5.41) is 2.95. The van der Waals surface area contributed by atoms with E-state index in [0.717, 1.165) is 21.3 Å². The van der Waals surface area contributed by atoms with Crippen molar-refractivity contribution < 1.29 is 9.21 Å². The number of halogens is 2. The summed E-state index contributed by atoms with van der Waals surface area (Å²) in [7, 11) is 0. The van der Waals surface area contributed by atoms with Crippen molar-refractivity contribution in [1.29, 1.82) is 0 Å². The first-order valence-corrected chi connectivity index (χ1v) is 8.41. The van der Waals surface area contributed by atoms with Crippen LogP contribution in [0.4, 0.5) is 5.69 Å². The minimum atomic E-state index is -0.178. The molecular weight excluding hydrogens is 457 g/mol. The Kier molecular flexibility index (Phi) is 4.63. The molecule has 0 aliphatic rings. The summed E-state index contributed by atoms with van der Waals surface area (Å²) in [5.41, 5.74) is 3.32. The largest absolute Gasteiger partial charge is 0.458 e. The maximum absolute atomic E-state index is 12.4. The third kappa shape index (κ3) is 3.25. The Balaban J connectivity index is 1.93. The van der Waals surface area contributed by atoms with Crippen LogP contribution in [0.25, 0.3) is 11.1 Å². The van der Waals surface area contributed by atoms with Gasteiger partial charge in [0.05, 0.1) is 11.8 Å². The second-order valence-corrected chi connectivity index (χ2v) is 6.51. The van der Waals surface area contributed by atoms with Crippen molar-refractivity contribution in [3.05, 3.63) is 74.7 Å². The zero-order valence-electron chi connectivity index (χ0n) is 11.3. The molecule has 110 valence electrons. The van der Waals surface area contributed by atoms with Gasteiger partial charge < -0.3 is 9.73 Å². The zero-order valence-corrected chi connectivity index (χ0v) is 15.1. The number of carbonyl (C=O) groups is 1. The molecule has 0 saturated carbocycles. The van der Waals surface area contributed by atoms with Crippen LogP contribution in [0.1, 0.15) is 10.4 Å². The highest BCUT2D eigenvalue weighted by molar-refractivity contribution is 14.1. The number of amides is 1. The number of nitrogens with one attached hydrogen (secondary N) is 1. The smallest absolute Gasteiger partial charge is 0.260 e. The number of hydrogen-bond donors (Lipinski definition) is 1. The lowest BCUT2D eigenvalue weighted by Gasteiger charge is -2.11. The van der Waals surface area contributed by atoms with E-state index < -0.39 is 0 Å². The quantitative estimate of drug-likeness (QED) is 0.512. The summed E-state index contributed by atoms with van der Waals surface area (Å²) < 4.78 is 6.77. The molecule has 0 spiro atoms. The predicted octanol–water partition coefficient (Wildman–Crippen LogP) is 5.57. The van der Waals surface area contributed by atoms with Crippen molar-refractivity contribution >= 4 is 50.1 Å². The van der Waals surface area contributed by atoms with E-state index in [4.69, 9.17) is 4.42 Å². The monoisotopic (exact) mass is 467 g/mol. The molecule has 3 aromatic rings. The molecule has 1 heterocycles. The molecule has 0 atom stereocenters. The van der Waals surface area contributed by atoms with E-state index in [1.807, 2.05) is 71.1 Å². The van der Waals surface area contributed by atoms with Crippen LogP contribution in [0.5, 0.6) is 0 Å². The van der Waals surface area contributed by atoms with Crippen molar-refractivity contribution in [2.45, 2.75) is 0 Å². The Hall–Kier alpha value is -1.60. The number of anilines is 1. The highest BCUT2D eigenvalue weighted by Crippen LogP contribution is 2.29. The van der Waals surface area contributed by atoms with Crippen molar-refractivity contribution in [3.63, 3.8) is 0 Å². The molecule has 0 bridgehead atoms. The standard InChI is InChI=1S/C17H11BrINO2/c18-12-7-5-11(6-8-12)13-3-1-2-4-15(13)20-17(21)14-9-10-22-16(14)19/h1-10H,(H,20,21). The lowest BCUT2D eigenvalue weighted by atomic mass is 10.0. The van der Waals surface area contributed by atoms with Gasteiger partial charge in [-0.15, -0.1) is 0 Å². The molecule has 1 amide bonds. The van der Waals surface area contributed by atoms with Gasteiger partial charge in [0, 0.05) is 38.3 Å². The first-order valence-electron chi connectivity index (χ1n) is 6.54. The van der Waals surface area contributed by atoms with Crippen LogP contribution >= 0.6 is 38.5 Å². The van der Waals surface area contributed by atoms with Gasteiger partial charge >= 0.3 is 0 Å².